The summed E-state index contributed by atoms with van der Waals surface area (Å²) in [7, 11) is 0. The van der Waals surface area contributed by atoms with Crippen LogP contribution in [-0.4, -0.2) is 19.8 Å². The van der Waals surface area contributed by atoms with Gasteiger partial charge < -0.3 is 11.5 Å². The zero-order valence-corrected chi connectivity index (χ0v) is 5.56. The van der Waals surface area contributed by atoms with Crippen LogP contribution in [0.4, 0.5) is 0 Å². The summed E-state index contributed by atoms with van der Waals surface area (Å²) < 4.78 is 0. The fraction of sp³-hybridized carbons (Fsp3) is 1.00. The summed E-state index contributed by atoms with van der Waals surface area (Å²) in [5, 5.41) is 0. The summed E-state index contributed by atoms with van der Waals surface area (Å²) in [6.45, 7) is 4.48. The molecule has 0 aromatic rings. The van der Waals surface area contributed by atoms with Crippen LogP contribution in [0.5, 0.6) is 0 Å². The van der Waals surface area contributed by atoms with Crippen LogP contribution in [0.3, 0.4) is 0 Å². The first kappa shape index (κ1) is 7.98. The Morgan fingerprint density at radius 3 is 1.75 bits per heavy atom. The largest absolute Gasteiger partial charge is 0.331 e. The summed E-state index contributed by atoms with van der Waals surface area (Å²) in [5.74, 6) is 0. The molecule has 0 aromatic heterocycles. The van der Waals surface area contributed by atoms with Gasteiger partial charge in [-0.25, -0.2) is 0 Å². The van der Waals surface area contributed by atoms with Crippen molar-refractivity contribution >= 4 is 6.71 Å². The van der Waals surface area contributed by atoms with E-state index in [2.05, 4.69) is 6.82 Å². The van der Waals surface area contributed by atoms with Crippen molar-refractivity contribution in [3.63, 3.8) is 0 Å². The van der Waals surface area contributed by atoms with Gasteiger partial charge in [0.2, 0.25) is 0 Å². The van der Waals surface area contributed by atoms with Crippen molar-refractivity contribution < 1.29 is 0 Å². The lowest BCUT2D eigenvalue weighted by molar-refractivity contribution is 1.06. The maximum absolute atomic E-state index is 5.32. The molecule has 0 aliphatic rings. The molecule has 0 radical (unpaired) electrons. The van der Waals surface area contributed by atoms with Gasteiger partial charge in [0, 0.05) is 0 Å². The highest BCUT2D eigenvalue weighted by Crippen LogP contribution is 1.93. The molecule has 0 saturated heterocycles. The summed E-state index contributed by atoms with van der Waals surface area (Å²) in [6, 6.07) is 0. The predicted molar refractivity (Wildman–Crippen MR) is 39.3 cm³/mol. The van der Waals surface area contributed by atoms with Gasteiger partial charge in [-0.1, -0.05) is 19.5 Å². The van der Waals surface area contributed by atoms with Gasteiger partial charge in [-0.15, -0.1) is 0 Å². The molecule has 2 nitrogen and oxygen atoms in total. The minimum Gasteiger partial charge on any atom is -0.331 e. The van der Waals surface area contributed by atoms with Crippen LogP contribution in [0.2, 0.25) is 19.5 Å². The Balaban J connectivity index is 2.92. The van der Waals surface area contributed by atoms with Crippen LogP contribution in [-0.2, 0) is 0 Å². The number of hydrogen-bond donors (Lipinski definition) is 2. The second kappa shape index (κ2) is 5.13. The van der Waals surface area contributed by atoms with Gasteiger partial charge in [-0.2, -0.15) is 0 Å². The van der Waals surface area contributed by atoms with E-state index in [-0.39, 0.29) is 0 Å². The van der Waals surface area contributed by atoms with Gasteiger partial charge in [0.15, 0.2) is 0 Å². The van der Waals surface area contributed by atoms with Crippen molar-refractivity contribution in [3.05, 3.63) is 0 Å². The molecule has 4 N–H and O–H groups in total. The molecular formula is C5H15BN2. The maximum Gasteiger partial charge on any atom is 0.139 e. The average molecular weight is 114 g/mol. The Kier molecular flexibility index (Phi) is 5.12. The summed E-state index contributed by atoms with van der Waals surface area (Å²) in [5.41, 5.74) is 10.6. The molecule has 0 saturated carbocycles. The monoisotopic (exact) mass is 114 g/mol. The van der Waals surface area contributed by atoms with Crippen LogP contribution in [0.25, 0.3) is 0 Å². The summed E-state index contributed by atoms with van der Waals surface area (Å²) in [4.78, 5) is 0. The molecule has 3 heteroatoms. The lowest BCUT2D eigenvalue weighted by atomic mass is 9.47. The number of nitrogens with two attached hydrogens (primary N) is 2. The van der Waals surface area contributed by atoms with Crippen LogP contribution in [0, 0.1) is 0 Å². The Morgan fingerprint density at radius 2 is 1.50 bits per heavy atom. The van der Waals surface area contributed by atoms with Crippen LogP contribution >= 0.6 is 0 Å². The Hall–Kier alpha value is -0.0151. The molecule has 0 aromatic carbocycles. The van der Waals surface area contributed by atoms with Gasteiger partial charge >= 0.3 is 0 Å². The van der Waals surface area contributed by atoms with E-state index < -0.39 is 0 Å². The third kappa shape index (κ3) is 4.15. The second-order valence-electron chi connectivity index (χ2n) is 2.26. The lowest BCUT2D eigenvalue weighted by Crippen LogP contribution is -2.17. The SMILES string of the molecule is CB(CCN)CCN. The Morgan fingerprint density at radius 1 is 1.12 bits per heavy atom. The molecule has 0 unspecified atom stereocenters. The van der Waals surface area contributed by atoms with Crippen molar-refractivity contribution in [1.82, 2.24) is 0 Å². The highest BCUT2D eigenvalue weighted by Gasteiger charge is 2.01. The molecule has 0 bridgehead atoms. The second-order valence-corrected chi connectivity index (χ2v) is 2.26. The van der Waals surface area contributed by atoms with Gasteiger partial charge in [-0.3, -0.25) is 0 Å². The van der Waals surface area contributed by atoms with E-state index >= 15 is 0 Å². The standard InChI is InChI=1S/C5H15BN2/c1-6(2-4-7)3-5-8/h2-5,7-8H2,1H3. The lowest BCUT2D eigenvalue weighted by Gasteiger charge is -2.01. The van der Waals surface area contributed by atoms with E-state index in [1.165, 1.54) is 0 Å². The normalized spacial score (nSPS) is 9.38. The van der Waals surface area contributed by atoms with Crippen LogP contribution in [0.15, 0.2) is 0 Å². The van der Waals surface area contributed by atoms with Crippen LogP contribution in [0.1, 0.15) is 0 Å². The Labute approximate surface area is 51.7 Å². The third-order valence-electron chi connectivity index (χ3n) is 1.32. The van der Waals surface area contributed by atoms with Crippen molar-refractivity contribution in [3.8, 4) is 0 Å². The van der Waals surface area contributed by atoms with Gasteiger partial charge in [-0.05, 0) is 13.1 Å². The molecule has 0 fully saturated rings. The summed E-state index contributed by atoms with van der Waals surface area (Å²) in [6.07, 6.45) is 2.22. The van der Waals surface area contributed by atoms with Crippen molar-refractivity contribution in [2.75, 3.05) is 13.1 Å². The highest BCUT2D eigenvalue weighted by atomic mass is 14.5. The minimum absolute atomic E-state index is 0.713. The quantitative estimate of drug-likeness (QED) is 0.506. The summed E-state index contributed by atoms with van der Waals surface area (Å²) >= 11 is 0. The maximum atomic E-state index is 5.32. The van der Waals surface area contributed by atoms with Crippen molar-refractivity contribution in [1.29, 1.82) is 0 Å². The predicted octanol–water partition coefficient (Wildman–Crippen LogP) is 0.0284. The zero-order chi connectivity index (χ0) is 6.41. The smallest absolute Gasteiger partial charge is 0.139 e. The Bertz CT molecular complexity index is 43.7. The fourth-order valence-corrected chi connectivity index (χ4v) is 0.713. The first-order valence-electron chi connectivity index (χ1n) is 3.21. The molecule has 0 aliphatic heterocycles. The first-order chi connectivity index (χ1) is 3.81. The number of hydrogen-bond acceptors (Lipinski definition) is 2. The van der Waals surface area contributed by atoms with E-state index in [1.54, 1.807) is 0 Å². The van der Waals surface area contributed by atoms with Crippen molar-refractivity contribution in [2.24, 2.45) is 11.5 Å². The van der Waals surface area contributed by atoms with E-state index in [1.807, 2.05) is 0 Å². The van der Waals surface area contributed by atoms with Gasteiger partial charge in [0.1, 0.15) is 6.71 Å². The van der Waals surface area contributed by atoms with Crippen LogP contribution < -0.4 is 11.5 Å². The van der Waals surface area contributed by atoms with Crippen molar-refractivity contribution in [2.45, 2.75) is 19.5 Å². The van der Waals surface area contributed by atoms with E-state index in [0.29, 0.717) is 6.71 Å². The number of rotatable bonds is 4. The third-order valence-corrected chi connectivity index (χ3v) is 1.32. The highest BCUT2D eigenvalue weighted by molar-refractivity contribution is 6.57. The van der Waals surface area contributed by atoms with Gasteiger partial charge in [0.05, 0.1) is 0 Å². The fourth-order valence-electron chi connectivity index (χ4n) is 0.713. The molecule has 0 atom stereocenters. The van der Waals surface area contributed by atoms with E-state index in [0.717, 1.165) is 25.7 Å². The molecule has 0 heterocycles. The van der Waals surface area contributed by atoms with Gasteiger partial charge in [0.25, 0.3) is 0 Å². The molecule has 0 spiro atoms. The average Bonchev–Trinajstić information content (AvgIpc) is 1.68. The van der Waals surface area contributed by atoms with E-state index in [4.69, 9.17) is 11.5 Å². The molecule has 0 aliphatic carbocycles. The molecule has 48 valence electrons. The topological polar surface area (TPSA) is 52.0 Å². The zero-order valence-electron chi connectivity index (χ0n) is 5.56. The first-order valence-corrected chi connectivity index (χ1v) is 3.21. The molecule has 8 heavy (non-hydrogen) atoms. The molecule has 0 amide bonds. The van der Waals surface area contributed by atoms with E-state index in [9.17, 15) is 0 Å². The molecule has 0 rings (SSSR count). The molecular weight excluding hydrogens is 98.9 g/mol. The minimum atomic E-state index is 0.713.